The van der Waals surface area contributed by atoms with E-state index in [0.717, 1.165) is 5.69 Å². The summed E-state index contributed by atoms with van der Waals surface area (Å²) in [5.74, 6) is 1.03. The summed E-state index contributed by atoms with van der Waals surface area (Å²) in [6, 6.07) is 17.0. The molecule has 126 valence electrons. The Labute approximate surface area is 145 Å². The van der Waals surface area contributed by atoms with Crippen LogP contribution in [0.4, 0.5) is 17.2 Å². The molecule has 1 aromatic heterocycles. The van der Waals surface area contributed by atoms with Crippen molar-refractivity contribution in [3.63, 3.8) is 0 Å². The van der Waals surface area contributed by atoms with Gasteiger partial charge in [0.15, 0.2) is 5.82 Å². The fourth-order valence-corrected chi connectivity index (χ4v) is 2.25. The molecule has 0 atom stereocenters. The van der Waals surface area contributed by atoms with E-state index in [4.69, 9.17) is 4.74 Å². The first-order valence-electron chi connectivity index (χ1n) is 7.62. The van der Waals surface area contributed by atoms with Crippen LogP contribution in [-0.2, 0) is 0 Å². The molecule has 3 rings (SSSR count). The zero-order chi connectivity index (χ0) is 17.6. The number of benzene rings is 2. The molecule has 0 aliphatic rings. The zero-order valence-corrected chi connectivity index (χ0v) is 13.6. The van der Waals surface area contributed by atoms with E-state index in [9.17, 15) is 9.90 Å². The van der Waals surface area contributed by atoms with Crippen molar-refractivity contribution >= 4 is 23.1 Å². The number of ether oxygens (including phenoxy) is 1. The SMILES string of the molecule is COc1cccc(C(=O)Nc2cccnc2Nc2ccc(O)cc2)c1. The number of carbonyl (C=O) groups is 1. The predicted octanol–water partition coefficient (Wildman–Crippen LogP) is 3.79. The monoisotopic (exact) mass is 335 g/mol. The zero-order valence-electron chi connectivity index (χ0n) is 13.6. The van der Waals surface area contributed by atoms with Gasteiger partial charge >= 0.3 is 0 Å². The third-order valence-corrected chi connectivity index (χ3v) is 3.52. The fraction of sp³-hybridized carbons (Fsp3) is 0.0526. The summed E-state index contributed by atoms with van der Waals surface area (Å²) in [5, 5.41) is 15.3. The molecule has 0 saturated carbocycles. The molecule has 25 heavy (non-hydrogen) atoms. The van der Waals surface area contributed by atoms with Crippen LogP contribution in [0.5, 0.6) is 11.5 Å². The number of pyridine rings is 1. The summed E-state index contributed by atoms with van der Waals surface area (Å²) < 4.78 is 5.14. The van der Waals surface area contributed by atoms with Gasteiger partial charge in [-0.25, -0.2) is 4.98 Å². The number of amides is 1. The highest BCUT2D eigenvalue weighted by atomic mass is 16.5. The van der Waals surface area contributed by atoms with Crippen LogP contribution >= 0.6 is 0 Å². The largest absolute Gasteiger partial charge is 0.508 e. The number of phenolic OH excluding ortho intramolecular Hbond substituents is 1. The molecule has 0 bridgehead atoms. The standard InChI is InChI=1S/C19H17N3O3/c1-25-16-5-2-4-13(12-16)19(24)22-17-6-3-11-20-18(17)21-14-7-9-15(23)10-8-14/h2-12,23H,1H3,(H,20,21)(H,22,24). The molecule has 2 aromatic carbocycles. The number of aromatic hydroxyl groups is 1. The number of hydrogen-bond acceptors (Lipinski definition) is 5. The summed E-state index contributed by atoms with van der Waals surface area (Å²) in [4.78, 5) is 16.7. The average Bonchev–Trinajstić information content (AvgIpc) is 2.65. The first-order chi connectivity index (χ1) is 12.2. The molecule has 6 heteroatoms. The van der Waals surface area contributed by atoms with Gasteiger partial charge in [-0.05, 0) is 54.6 Å². The summed E-state index contributed by atoms with van der Waals surface area (Å²) in [6.45, 7) is 0. The molecule has 6 nitrogen and oxygen atoms in total. The smallest absolute Gasteiger partial charge is 0.255 e. The highest BCUT2D eigenvalue weighted by molar-refractivity contribution is 6.06. The molecular formula is C19H17N3O3. The van der Waals surface area contributed by atoms with E-state index in [1.54, 1.807) is 74.0 Å². The molecule has 0 saturated heterocycles. The Morgan fingerprint density at radius 3 is 2.64 bits per heavy atom. The van der Waals surface area contributed by atoms with E-state index in [-0.39, 0.29) is 11.7 Å². The highest BCUT2D eigenvalue weighted by Gasteiger charge is 2.11. The maximum Gasteiger partial charge on any atom is 0.255 e. The number of nitrogens with one attached hydrogen (secondary N) is 2. The van der Waals surface area contributed by atoms with Crippen LogP contribution in [0, 0.1) is 0 Å². The van der Waals surface area contributed by atoms with Crippen molar-refractivity contribution in [1.29, 1.82) is 0 Å². The van der Waals surface area contributed by atoms with E-state index >= 15 is 0 Å². The normalized spacial score (nSPS) is 10.1. The Kier molecular flexibility index (Phi) is 4.80. The quantitative estimate of drug-likeness (QED) is 0.618. The predicted molar refractivity (Wildman–Crippen MR) is 96.6 cm³/mol. The van der Waals surface area contributed by atoms with Gasteiger partial charge in [-0.1, -0.05) is 6.07 Å². The lowest BCUT2D eigenvalue weighted by Gasteiger charge is -2.12. The van der Waals surface area contributed by atoms with Crippen molar-refractivity contribution in [2.45, 2.75) is 0 Å². The number of rotatable bonds is 5. The Balaban J connectivity index is 1.80. The number of hydrogen-bond donors (Lipinski definition) is 3. The van der Waals surface area contributed by atoms with Crippen molar-refractivity contribution in [3.05, 3.63) is 72.4 Å². The topological polar surface area (TPSA) is 83.5 Å². The Hall–Kier alpha value is -3.54. The number of carbonyl (C=O) groups excluding carboxylic acids is 1. The van der Waals surface area contributed by atoms with Gasteiger partial charge in [-0.2, -0.15) is 0 Å². The molecule has 3 N–H and O–H groups in total. The van der Waals surface area contributed by atoms with Crippen molar-refractivity contribution < 1.29 is 14.6 Å². The van der Waals surface area contributed by atoms with E-state index in [1.165, 1.54) is 0 Å². The molecule has 3 aromatic rings. The van der Waals surface area contributed by atoms with Crippen LogP contribution < -0.4 is 15.4 Å². The van der Waals surface area contributed by atoms with Crippen molar-refractivity contribution in [1.82, 2.24) is 4.98 Å². The number of phenols is 1. The van der Waals surface area contributed by atoms with E-state index < -0.39 is 0 Å². The second-order valence-electron chi connectivity index (χ2n) is 5.26. The van der Waals surface area contributed by atoms with Crippen LogP contribution in [0.3, 0.4) is 0 Å². The molecule has 0 radical (unpaired) electrons. The van der Waals surface area contributed by atoms with Gasteiger partial charge in [0.05, 0.1) is 12.8 Å². The third-order valence-electron chi connectivity index (χ3n) is 3.52. The number of nitrogens with zero attached hydrogens (tertiary/aromatic N) is 1. The van der Waals surface area contributed by atoms with Crippen LogP contribution in [-0.4, -0.2) is 23.1 Å². The summed E-state index contributed by atoms with van der Waals surface area (Å²) >= 11 is 0. The molecule has 1 amide bonds. The van der Waals surface area contributed by atoms with Gasteiger partial charge in [0, 0.05) is 17.4 Å². The van der Waals surface area contributed by atoms with Gasteiger partial charge in [-0.3, -0.25) is 4.79 Å². The number of anilines is 3. The van der Waals surface area contributed by atoms with Gasteiger partial charge < -0.3 is 20.5 Å². The van der Waals surface area contributed by atoms with Crippen molar-refractivity contribution in [2.24, 2.45) is 0 Å². The van der Waals surface area contributed by atoms with E-state index in [1.807, 2.05) is 0 Å². The second kappa shape index (κ2) is 7.35. The van der Waals surface area contributed by atoms with E-state index in [2.05, 4.69) is 15.6 Å². The van der Waals surface area contributed by atoms with Crippen LogP contribution in [0.15, 0.2) is 66.9 Å². The van der Waals surface area contributed by atoms with Crippen molar-refractivity contribution in [2.75, 3.05) is 17.7 Å². The lowest BCUT2D eigenvalue weighted by molar-refractivity contribution is 0.102. The minimum Gasteiger partial charge on any atom is -0.508 e. The molecule has 0 fully saturated rings. The lowest BCUT2D eigenvalue weighted by Crippen LogP contribution is -2.13. The molecular weight excluding hydrogens is 318 g/mol. The summed E-state index contributed by atoms with van der Waals surface area (Å²) in [5.41, 5.74) is 1.77. The lowest BCUT2D eigenvalue weighted by atomic mass is 10.2. The summed E-state index contributed by atoms with van der Waals surface area (Å²) in [6.07, 6.45) is 1.63. The molecule has 0 aliphatic heterocycles. The first-order valence-corrected chi connectivity index (χ1v) is 7.62. The summed E-state index contributed by atoms with van der Waals surface area (Å²) in [7, 11) is 1.55. The highest BCUT2D eigenvalue weighted by Crippen LogP contribution is 2.24. The van der Waals surface area contributed by atoms with Crippen LogP contribution in [0.25, 0.3) is 0 Å². The Morgan fingerprint density at radius 2 is 1.88 bits per heavy atom. The average molecular weight is 335 g/mol. The maximum atomic E-state index is 12.5. The van der Waals surface area contributed by atoms with Crippen LogP contribution in [0.1, 0.15) is 10.4 Å². The molecule has 0 spiro atoms. The van der Waals surface area contributed by atoms with Gasteiger partial charge in [-0.15, -0.1) is 0 Å². The van der Waals surface area contributed by atoms with Crippen LogP contribution in [0.2, 0.25) is 0 Å². The molecule has 0 unspecified atom stereocenters. The minimum absolute atomic E-state index is 0.179. The Bertz CT molecular complexity index is 879. The number of methoxy groups -OCH3 is 1. The van der Waals surface area contributed by atoms with Gasteiger partial charge in [0.25, 0.3) is 5.91 Å². The fourth-order valence-electron chi connectivity index (χ4n) is 2.25. The Morgan fingerprint density at radius 1 is 1.08 bits per heavy atom. The molecule has 0 aliphatic carbocycles. The van der Waals surface area contributed by atoms with E-state index in [0.29, 0.717) is 22.8 Å². The van der Waals surface area contributed by atoms with Crippen molar-refractivity contribution in [3.8, 4) is 11.5 Å². The molecule has 1 heterocycles. The maximum absolute atomic E-state index is 12.5. The third kappa shape index (κ3) is 4.06. The second-order valence-corrected chi connectivity index (χ2v) is 5.26. The van der Waals surface area contributed by atoms with Gasteiger partial charge in [0.2, 0.25) is 0 Å². The number of aromatic nitrogens is 1. The minimum atomic E-state index is -0.263. The van der Waals surface area contributed by atoms with Gasteiger partial charge in [0.1, 0.15) is 11.5 Å². The first kappa shape index (κ1) is 16.3.